The number of anilines is 1. The fraction of sp³-hybridized carbons (Fsp3) is 0.176. The van der Waals surface area contributed by atoms with E-state index in [2.05, 4.69) is 16.0 Å². The van der Waals surface area contributed by atoms with Crippen molar-refractivity contribution in [2.24, 2.45) is 0 Å². The van der Waals surface area contributed by atoms with E-state index in [4.69, 9.17) is 27.9 Å². The van der Waals surface area contributed by atoms with Crippen LogP contribution in [0.3, 0.4) is 0 Å². The molecule has 2 aromatic rings. The molecule has 0 saturated carbocycles. The van der Waals surface area contributed by atoms with Crippen LogP contribution in [0.4, 0.5) is 10.5 Å². The van der Waals surface area contributed by atoms with Crippen molar-refractivity contribution < 1.29 is 14.3 Å². The first kappa shape index (κ1) is 18.9. The van der Waals surface area contributed by atoms with Gasteiger partial charge < -0.3 is 20.7 Å². The lowest BCUT2D eigenvalue weighted by Crippen LogP contribution is -2.39. The van der Waals surface area contributed by atoms with E-state index in [1.54, 1.807) is 19.2 Å². The van der Waals surface area contributed by atoms with Gasteiger partial charge in [-0.15, -0.1) is 0 Å². The summed E-state index contributed by atoms with van der Waals surface area (Å²) in [6, 6.07) is 11.6. The van der Waals surface area contributed by atoms with Crippen LogP contribution >= 0.6 is 23.2 Å². The summed E-state index contributed by atoms with van der Waals surface area (Å²) in [6.45, 7) is 0.109. The molecule has 0 bridgehead atoms. The number of methoxy groups -OCH3 is 1. The maximum Gasteiger partial charge on any atom is 0.315 e. The van der Waals surface area contributed by atoms with Crippen LogP contribution in [0.1, 0.15) is 5.56 Å². The molecule has 0 aliphatic rings. The van der Waals surface area contributed by atoms with Crippen LogP contribution < -0.4 is 20.7 Å². The standard InChI is InChI=1S/C17H17Cl2N3O3/c1-25-13-4-2-3-11(7-13)9-20-17(24)21-10-16(23)22-15-8-12(18)5-6-14(15)19/h2-8H,9-10H2,1H3,(H,22,23)(H2,20,21,24). The van der Waals surface area contributed by atoms with Crippen molar-refractivity contribution in [2.75, 3.05) is 19.0 Å². The zero-order chi connectivity index (χ0) is 18.2. The highest BCUT2D eigenvalue weighted by atomic mass is 35.5. The number of urea groups is 1. The number of ether oxygens (including phenoxy) is 1. The lowest BCUT2D eigenvalue weighted by Gasteiger charge is -2.10. The number of hydrogen-bond donors (Lipinski definition) is 3. The minimum atomic E-state index is -0.463. The van der Waals surface area contributed by atoms with Gasteiger partial charge in [-0.2, -0.15) is 0 Å². The summed E-state index contributed by atoms with van der Waals surface area (Å²) in [4.78, 5) is 23.6. The first-order valence-electron chi connectivity index (χ1n) is 7.37. The molecule has 0 unspecified atom stereocenters. The number of amides is 3. The molecule has 3 amide bonds. The second kappa shape index (κ2) is 9.15. The van der Waals surface area contributed by atoms with E-state index in [0.717, 1.165) is 5.56 Å². The molecule has 0 atom stereocenters. The van der Waals surface area contributed by atoms with Crippen molar-refractivity contribution in [2.45, 2.75) is 6.54 Å². The summed E-state index contributed by atoms with van der Waals surface area (Å²) >= 11 is 11.8. The van der Waals surface area contributed by atoms with Gasteiger partial charge in [-0.3, -0.25) is 4.79 Å². The van der Waals surface area contributed by atoms with E-state index in [1.165, 1.54) is 6.07 Å². The van der Waals surface area contributed by atoms with E-state index in [-0.39, 0.29) is 6.54 Å². The monoisotopic (exact) mass is 381 g/mol. The van der Waals surface area contributed by atoms with Gasteiger partial charge in [-0.05, 0) is 35.9 Å². The Morgan fingerprint density at radius 2 is 1.88 bits per heavy atom. The molecular weight excluding hydrogens is 365 g/mol. The van der Waals surface area contributed by atoms with Crippen molar-refractivity contribution in [3.63, 3.8) is 0 Å². The smallest absolute Gasteiger partial charge is 0.315 e. The zero-order valence-corrected chi connectivity index (χ0v) is 14.9. The Balaban J connectivity index is 1.77. The molecule has 8 heteroatoms. The maximum atomic E-state index is 11.9. The fourth-order valence-corrected chi connectivity index (χ4v) is 2.31. The van der Waals surface area contributed by atoms with Crippen LogP contribution in [0.25, 0.3) is 0 Å². The van der Waals surface area contributed by atoms with Gasteiger partial charge in [0, 0.05) is 11.6 Å². The molecule has 2 aromatic carbocycles. The topological polar surface area (TPSA) is 79.5 Å². The molecule has 0 saturated heterocycles. The second-order valence-corrected chi connectivity index (χ2v) is 5.90. The van der Waals surface area contributed by atoms with Crippen LogP contribution in [0, 0.1) is 0 Å². The average molecular weight is 382 g/mol. The predicted octanol–water partition coefficient (Wildman–Crippen LogP) is 3.44. The molecule has 25 heavy (non-hydrogen) atoms. The van der Waals surface area contributed by atoms with Gasteiger partial charge in [0.15, 0.2) is 0 Å². The number of nitrogens with one attached hydrogen (secondary N) is 3. The van der Waals surface area contributed by atoms with Crippen LogP contribution in [0.15, 0.2) is 42.5 Å². The first-order chi connectivity index (χ1) is 12.0. The summed E-state index contributed by atoms with van der Waals surface area (Å²) < 4.78 is 5.11. The van der Waals surface area contributed by atoms with E-state index >= 15 is 0 Å². The van der Waals surface area contributed by atoms with Crippen LogP contribution in [-0.4, -0.2) is 25.6 Å². The summed E-state index contributed by atoms with van der Waals surface area (Å²) in [5, 5.41) is 8.51. The summed E-state index contributed by atoms with van der Waals surface area (Å²) in [5.41, 5.74) is 1.27. The third-order valence-corrected chi connectivity index (χ3v) is 3.76. The fourth-order valence-electron chi connectivity index (χ4n) is 1.98. The average Bonchev–Trinajstić information content (AvgIpc) is 2.61. The molecule has 0 heterocycles. The number of carbonyl (C=O) groups excluding carboxylic acids is 2. The summed E-state index contributed by atoms with van der Waals surface area (Å²) in [6.07, 6.45) is 0. The highest BCUT2D eigenvalue weighted by Gasteiger charge is 2.08. The van der Waals surface area contributed by atoms with Crippen LogP contribution in [0.5, 0.6) is 5.75 Å². The van der Waals surface area contributed by atoms with Gasteiger partial charge in [0.25, 0.3) is 0 Å². The molecule has 0 spiro atoms. The van der Waals surface area contributed by atoms with Gasteiger partial charge in [-0.1, -0.05) is 35.3 Å². The second-order valence-electron chi connectivity index (χ2n) is 5.06. The highest BCUT2D eigenvalue weighted by Crippen LogP contribution is 2.25. The Hall–Kier alpha value is -2.44. The molecule has 2 rings (SSSR count). The lowest BCUT2D eigenvalue weighted by molar-refractivity contribution is -0.115. The molecule has 0 fully saturated rings. The summed E-state index contributed by atoms with van der Waals surface area (Å²) in [7, 11) is 1.57. The van der Waals surface area contributed by atoms with Gasteiger partial charge in [0.2, 0.25) is 5.91 Å². The molecule has 0 aliphatic carbocycles. The van der Waals surface area contributed by atoms with Crippen LogP contribution in [-0.2, 0) is 11.3 Å². The van der Waals surface area contributed by atoms with Gasteiger partial charge >= 0.3 is 6.03 Å². The normalized spacial score (nSPS) is 10.0. The van der Waals surface area contributed by atoms with Crippen LogP contribution in [0.2, 0.25) is 10.0 Å². The quantitative estimate of drug-likeness (QED) is 0.716. The Morgan fingerprint density at radius 1 is 1.08 bits per heavy atom. The summed E-state index contributed by atoms with van der Waals surface area (Å²) in [5.74, 6) is 0.290. The minimum Gasteiger partial charge on any atom is -0.497 e. The Bertz CT molecular complexity index is 769. The maximum absolute atomic E-state index is 11.9. The first-order valence-corrected chi connectivity index (χ1v) is 8.13. The molecular formula is C17H17Cl2N3O3. The van der Waals surface area contributed by atoms with E-state index < -0.39 is 11.9 Å². The molecule has 0 aromatic heterocycles. The number of rotatable bonds is 6. The lowest BCUT2D eigenvalue weighted by atomic mass is 10.2. The van der Waals surface area contributed by atoms with E-state index in [9.17, 15) is 9.59 Å². The van der Waals surface area contributed by atoms with Crippen molar-refractivity contribution in [1.29, 1.82) is 0 Å². The van der Waals surface area contributed by atoms with Crippen molar-refractivity contribution in [3.05, 3.63) is 58.1 Å². The molecule has 0 aliphatic heterocycles. The Labute approximate surface area is 155 Å². The van der Waals surface area contributed by atoms with E-state index in [1.807, 2.05) is 24.3 Å². The van der Waals surface area contributed by atoms with Crippen molar-refractivity contribution >= 4 is 40.8 Å². The molecule has 0 radical (unpaired) electrons. The van der Waals surface area contributed by atoms with Gasteiger partial charge in [-0.25, -0.2) is 4.79 Å². The number of halogens is 2. The zero-order valence-electron chi connectivity index (χ0n) is 13.4. The van der Waals surface area contributed by atoms with Crippen molar-refractivity contribution in [1.82, 2.24) is 10.6 Å². The van der Waals surface area contributed by atoms with Crippen molar-refractivity contribution in [3.8, 4) is 5.75 Å². The SMILES string of the molecule is COc1cccc(CNC(=O)NCC(=O)Nc2cc(Cl)ccc2Cl)c1. The number of benzene rings is 2. The van der Waals surface area contributed by atoms with Gasteiger partial charge in [0.05, 0.1) is 24.4 Å². The van der Waals surface area contributed by atoms with E-state index in [0.29, 0.717) is 28.0 Å². The Kier molecular flexibility index (Phi) is 6.91. The predicted molar refractivity (Wildman–Crippen MR) is 98.3 cm³/mol. The molecule has 132 valence electrons. The third-order valence-electron chi connectivity index (χ3n) is 3.20. The number of carbonyl (C=O) groups is 2. The minimum absolute atomic E-state index is 0.202. The molecule has 6 nitrogen and oxygen atoms in total. The number of hydrogen-bond acceptors (Lipinski definition) is 3. The third kappa shape index (κ3) is 6.17. The van der Waals surface area contributed by atoms with Gasteiger partial charge in [0.1, 0.15) is 5.75 Å². The molecule has 3 N–H and O–H groups in total. The largest absolute Gasteiger partial charge is 0.497 e. The highest BCUT2D eigenvalue weighted by molar-refractivity contribution is 6.35. The Morgan fingerprint density at radius 3 is 2.64 bits per heavy atom.